The molecule has 18 heavy (non-hydrogen) atoms. The number of Topliss-reactive ketones (excluding diaryl/α,β-unsaturated/α-hetero) is 1. The van der Waals surface area contributed by atoms with Gasteiger partial charge in [0.15, 0.2) is 5.78 Å². The first-order valence-corrected chi connectivity index (χ1v) is 5.70. The minimum absolute atomic E-state index is 0.0284. The second kappa shape index (κ2) is 4.14. The van der Waals surface area contributed by atoms with Crippen molar-refractivity contribution in [1.82, 2.24) is 9.78 Å². The molecule has 0 saturated carbocycles. The van der Waals surface area contributed by atoms with Crippen LogP contribution < -0.4 is 4.74 Å². The first-order chi connectivity index (χ1) is 8.74. The molecular weight excluding hydrogens is 228 g/mol. The van der Waals surface area contributed by atoms with Crippen molar-refractivity contribution in [2.75, 3.05) is 6.61 Å². The minimum Gasteiger partial charge on any atom is -0.488 e. The number of benzene rings is 1. The highest BCUT2D eigenvalue weighted by Crippen LogP contribution is 2.27. The molecule has 1 aliphatic rings. The Hall–Kier alpha value is -2.36. The number of hydrogen-bond acceptors (Lipinski definition) is 3. The van der Waals surface area contributed by atoms with Gasteiger partial charge in [-0.15, -0.1) is 0 Å². The fourth-order valence-corrected chi connectivity index (χ4v) is 2.00. The zero-order valence-electron chi connectivity index (χ0n) is 9.96. The van der Waals surface area contributed by atoms with E-state index in [2.05, 4.69) is 5.10 Å². The van der Waals surface area contributed by atoms with Crippen molar-refractivity contribution in [2.45, 2.75) is 0 Å². The molecule has 90 valence electrons. The molecule has 0 unspecified atom stereocenters. The van der Waals surface area contributed by atoms with Crippen LogP contribution in [0.1, 0.15) is 15.9 Å². The maximum absolute atomic E-state index is 12.3. The molecule has 0 fully saturated rings. The lowest BCUT2D eigenvalue weighted by Crippen LogP contribution is -2.18. The molecule has 0 radical (unpaired) electrons. The van der Waals surface area contributed by atoms with Crippen LogP contribution >= 0.6 is 0 Å². The van der Waals surface area contributed by atoms with Crippen LogP contribution in [0.5, 0.6) is 5.75 Å². The number of rotatable bonds is 1. The van der Waals surface area contributed by atoms with E-state index < -0.39 is 0 Å². The quantitative estimate of drug-likeness (QED) is 0.717. The number of aryl methyl sites for hydroxylation is 1. The van der Waals surface area contributed by atoms with Crippen molar-refractivity contribution >= 4 is 11.9 Å². The Labute approximate surface area is 105 Å². The van der Waals surface area contributed by atoms with Crippen molar-refractivity contribution in [3.05, 3.63) is 53.4 Å². The standard InChI is InChI=1S/C14H12N2O2/c1-16-8-10(7-15-16)6-11-9-18-13-5-3-2-4-12(13)14(11)17/h2-8H,9H2,1H3/b11-6+. The maximum atomic E-state index is 12.3. The SMILES string of the molecule is Cn1cc(/C=C2\COc3ccccc3C2=O)cn1. The van der Waals surface area contributed by atoms with Crippen LogP contribution in [0.15, 0.2) is 42.2 Å². The van der Waals surface area contributed by atoms with Gasteiger partial charge in [0.05, 0.1) is 11.8 Å². The topological polar surface area (TPSA) is 44.1 Å². The van der Waals surface area contributed by atoms with E-state index in [0.717, 1.165) is 5.56 Å². The third-order valence-corrected chi connectivity index (χ3v) is 2.87. The molecule has 1 aliphatic heterocycles. The van der Waals surface area contributed by atoms with Crippen molar-refractivity contribution in [3.8, 4) is 5.75 Å². The van der Waals surface area contributed by atoms with Gasteiger partial charge in [-0.25, -0.2) is 0 Å². The van der Waals surface area contributed by atoms with Gasteiger partial charge in [-0.3, -0.25) is 9.48 Å². The third-order valence-electron chi connectivity index (χ3n) is 2.87. The van der Waals surface area contributed by atoms with E-state index in [1.165, 1.54) is 0 Å². The highest BCUT2D eigenvalue weighted by molar-refractivity contribution is 6.13. The zero-order valence-corrected chi connectivity index (χ0v) is 9.96. The average Bonchev–Trinajstić information content (AvgIpc) is 2.79. The number of carbonyl (C=O) groups is 1. The average molecular weight is 240 g/mol. The number of fused-ring (bicyclic) bond motifs is 1. The Kier molecular flexibility index (Phi) is 2.48. The Morgan fingerprint density at radius 2 is 2.22 bits per heavy atom. The zero-order chi connectivity index (χ0) is 12.5. The molecule has 0 N–H and O–H groups in total. The van der Waals surface area contributed by atoms with Gasteiger partial charge in [0.2, 0.25) is 0 Å². The molecule has 1 aromatic heterocycles. The van der Waals surface area contributed by atoms with Gasteiger partial charge in [0.25, 0.3) is 0 Å². The molecule has 0 atom stereocenters. The first kappa shape index (κ1) is 10.8. The van der Waals surface area contributed by atoms with Crippen molar-refractivity contribution in [3.63, 3.8) is 0 Å². The van der Waals surface area contributed by atoms with Crippen molar-refractivity contribution in [1.29, 1.82) is 0 Å². The van der Waals surface area contributed by atoms with E-state index in [1.807, 2.05) is 37.5 Å². The Morgan fingerprint density at radius 1 is 1.39 bits per heavy atom. The summed E-state index contributed by atoms with van der Waals surface area (Å²) in [7, 11) is 1.84. The van der Waals surface area contributed by atoms with E-state index in [1.54, 1.807) is 16.9 Å². The summed E-state index contributed by atoms with van der Waals surface area (Å²) in [6.07, 6.45) is 5.41. The summed E-state index contributed by atoms with van der Waals surface area (Å²) in [4.78, 5) is 12.3. The number of ether oxygens (including phenoxy) is 1. The minimum atomic E-state index is 0.0284. The summed E-state index contributed by atoms with van der Waals surface area (Å²) in [5, 5.41) is 4.07. The second-order valence-corrected chi connectivity index (χ2v) is 4.23. The summed E-state index contributed by atoms with van der Waals surface area (Å²) < 4.78 is 7.27. The number of carbonyl (C=O) groups excluding carboxylic acids is 1. The molecule has 0 spiro atoms. The highest BCUT2D eigenvalue weighted by Gasteiger charge is 2.22. The predicted molar refractivity (Wildman–Crippen MR) is 67.5 cm³/mol. The van der Waals surface area contributed by atoms with Gasteiger partial charge < -0.3 is 4.74 Å². The fourth-order valence-electron chi connectivity index (χ4n) is 2.00. The van der Waals surface area contributed by atoms with E-state index in [-0.39, 0.29) is 5.78 Å². The van der Waals surface area contributed by atoms with Gasteiger partial charge in [-0.2, -0.15) is 5.10 Å². The maximum Gasteiger partial charge on any atom is 0.196 e. The molecular formula is C14H12N2O2. The van der Waals surface area contributed by atoms with E-state index in [4.69, 9.17) is 4.74 Å². The monoisotopic (exact) mass is 240 g/mol. The van der Waals surface area contributed by atoms with Crippen LogP contribution in [0.2, 0.25) is 0 Å². The first-order valence-electron chi connectivity index (χ1n) is 5.70. The van der Waals surface area contributed by atoms with Crippen LogP contribution in [0, 0.1) is 0 Å². The lowest BCUT2D eigenvalue weighted by atomic mass is 9.99. The lowest BCUT2D eigenvalue weighted by Gasteiger charge is -2.18. The molecule has 2 aromatic rings. The van der Waals surface area contributed by atoms with Crippen molar-refractivity contribution in [2.24, 2.45) is 7.05 Å². The van der Waals surface area contributed by atoms with Crippen LogP contribution in [0.4, 0.5) is 0 Å². The molecule has 0 saturated heterocycles. The van der Waals surface area contributed by atoms with Crippen LogP contribution in [-0.2, 0) is 7.05 Å². The predicted octanol–water partition coefficient (Wildman–Crippen LogP) is 2.08. The summed E-state index contributed by atoms with van der Waals surface area (Å²) in [6.45, 7) is 0.310. The number of aromatic nitrogens is 2. The van der Waals surface area contributed by atoms with Crippen molar-refractivity contribution < 1.29 is 9.53 Å². The smallest absolute Gasteiger partial charge is 0.196 e. The number of hydrogen-bond donors (Lipinski definition) is 0. The molecule has 3 rings (SSSR count). The van der Waals surface area contributed by atoms with E-state index in [9.17, 15) is 4.79 Å². The molecule has 0 bridgehead atoms. The Morgan fingerprint density at radius 3 is 3.00 bits per heavy atom. The Bertz CT molecular complexity index is 641. The van der Waals surface area contributed by atoms with Crippen LogP contribution in [0.25, 0.3) is 6.08 Å². The van der Waals surface area contributed by atoms with Gasteiger partial charge >= 0.3 is 0 Å². The number of para-hydroxylation sites is 1. The summed E-state index contributed by atoms with van der Waals surface area (Å²) >= 11 is 0. The van der Waals surface area contributed by atoms with Gasteiger partial charge in [0.1, 0.15) is 12.4 Å². The lowest BCUT2D eigenvalue weighted by molar-refractivity contribution is 0.100. The molecule has 0 aliphatic carbocycles. The second-order valence-electron chi connectivity index (χ2n) is 4.23. The molecule has 2 heterocycles. The number of nitrogens with zero attached hydrogens (tertiary/aromatic N) is 2. The molecule has 4 heteroatoms. The largest absolute Gasteiger partial charge is 0.488 e. The number of ketones is 1. The van der Waals surface area contributed by atoms with E-state index >= 15 is 0 Å². The molecule has 4 nitrogen and oxygen atoms in total. The van der Waals surface area contributed by atoms with Gasteiger partial charge in [-0.1, -0.05) is 12.1 Å². The van der Waals surface area contributed by atoms with Gasteiger partial charge in [-0.05, 0) is 18.2 Å². The van der Waals surface area contributed by atoms with Gasteiger partial charge in [0, 0.05) is 24.4 Å². The molecule has 0 amide bonds. The highest BCUT2D eigenvalue weighted by atomic mass is 16.5. The fraction of sp³-hybridized carbons (Fsp3) is 0.143. The van der Waals surface area contributed by atoms with Crippen LogP contribution in [0.3, 0.4) is 0 Å². The normalized spacial score (nSPS) is 16.5. The molecule has 1 aromatic carbocycles. The summed E-state index contributed by atoms with van der Waals surface area (Å²) in [5.74, 6) is 0.687. The van der Waals surface area contributed by atoms with Crippen LogP contribution in [-0.4, -0.2) is 22.2 Å². The summed E-state index contributed by atoms with van der Waals surface area (Å²) in [6, 6.07) is 7.30. The summed E-state index contributed by atoms with van der Waals surface area (Å²) in [5.41, 5.74) is 2.18. The third kappa shape index (κ3) is 1.82. The Balaban J connectivity index is 1.98. The van der Waals surface area contributed by atoms with E-state index in [0.29, 0.717) is 23.5 Å².